The highest BCUT2D eigenvalue weighted by molar-refractivity contribution is 5.79. The summed E-state index contributed by atoms with van der Waals surface area (Å²) in [4.78, 5) is 6.87. The topological polar surface area (TPSA) is 54.7 Å². The van der Waals surface area contributed by atoms with Crippen molar-refractivity contribution in [2.24, 2.45) is 12.0 Å². The van der Waals surface area contributed by atoms with E-state index in [9.17, 15) is 0 Å². The molecule has 0 aliphatic heterocycles. The number of nitrogens with zero attached hydrogens (tertiary/aromatic N) is 4. The Morgan fingerprint density at radius 2 is 2.00 bits per heavy atom. The van der Waals surface area contributed by atoms with E-state index in [2.05, 4.69) is 41.4 Å². The van der Waals surface area contributed by atoms with Crippen LogP contribution in [0.2, 0.25) is 0 Å². The molecule has 2 rings (SSSR count). The second-order valence-corrected chi connectivity index (χ2v) is 5.94. The van der Waals surface area contributed by atoms with Crippen molar-refractivity contribution in [3.63, 3.8) is 0 Å². The van der Waals surface area contributed by atoms with Gasteiger partial charge in [-0.15, -0.1) is 0 Å². The van der Waals surface area contributed by atoms with Crippen molar-refractivity contribution in [3.05, 3.63) is 47.8 Å². The number of guanidine groups is 1. The van der Waals surface area contributed by atoms with Crippen molar-refractivity contribution >= 4 is 5.96 Å². The van der Waals surface area contributed by atoms with Crippen LogP contribution in [0.3, 0.4) is 0 Å². The molecule has 0 aliphatic carbocycles. The summed E-state index contributed by atoms with van der Waals surface area (Å²) in [5.41, 5.74) is 2.43. The molecule has 0 amide bonds. The predicted octanol–water partition coefficient (Wildman–Crippen LogP) is 2.46. The highest BCUT2D eigenvalue weighted by Gasteiger charge is 2.07. The second kappa shape index (κ2) is 9.71. The molecule has 0 bridgehead atoms. The minimum absolute atomic E-state index is 0.688. The maximum atomic E-state index is 5.49. The lowest BCUT2D eigenvalue weighted by Crippen LogP contribution is -2.38. The van der Waals surface area contributed by atoms with Gasteiger partial charge in [-0.3, -0.25) is 9.67 Å². The molecular weight excluding hydrogens is 314 g/mol. The first-order valence-corrected chi connectivity index (χ1v) is 8.81. The molecule has 0 saturated heterocycles. The minimum atomic E-state index is 0.688. The summed E-state index contributed by atoms with van der Waals surface area (Å²) in [5.74, 6) is 1.83. The highest BCUT2D eigenvalue weighted by atomic mass is 16.5. The molecule has 0 radical (unpaired) electrons. The predicted molar refractivity (Wildman–Crippen MR) is 102 cm³/mol. The first kappa shape index (κ1) is 18.8. The van der Waals surface area contributed by atoms with E-state index in [0.29, 0.717) is 6.61 Å². The van der Waals surface area contributed by atoms with Crippen molar-refractivity contribution in [1.29, 1.82) is 0 Å². The fourth-order valence-corrected chi connectivity index (χ4v) is 2.57. The summed E-state index contributed by atoms with van der Waals surface area (Å²) < 4.78 is 7.31. The maximum Gasteiger partial charge on any atom is 0.193 e. The molecule has 0 aliphatic rings. The number of ether oxygens (including phenoxy) is 1. The van der Waals surface area contributed by atoms with Crippen molar-refractivity contribution in [2.45, 2.75) is 26.8 Å². The fraction of sp³-hybridized carbons (Fsp3) is 0.474. The van der Waals surface area contributed by atoms with E-state index >= 15 is 0 Å². The van der Waals surface area contributed by atoms with E-state index < -0.39 is 0 Å². The quantitative estimate of drug-likeness (QED) is 0.591. The number of aliphatic imine (C=N–C) groups is 1. The molecule has 1 N–H and O–H groups in total. The standard InChI is InChI=1S/C19H29N5O/c1-5-20-19(21-12-11-17-13-22-24(4)15-17)23(3)14-16-7-9-18(10-8-16)25-6-2/h7-10,13,15H,5-6,11-12,14H2,1-4H3,(H,20,21). The number of benzene rings is 1. The van der Waals surface area contributed by atoms with Crippen molar-refractivity contribution in [1.82, 2.24) is 20.0 Å². The van der Waals surface area contributed by atoms with E-state index in [4.69, 9.17) is 9.73 Å². The summed E-state index contributed by atoms with van der Waals surface area (Å²) in [6, 6.07) is 8.22. The lowest BCUT2D eigenvalue weighted by Gasteiger charge is -2.22. The van der Waals surface area contributed by atoms with Crippen LogP contribution in [0.5, 0.6) is 5.75 Å². The van der Waals surface area contributed by atoms with Gasteiger partial charge in [0, 0.05) is 39.9 Å². The molecule has 0 unspecified atom stereocenters. The van der Waals surface area contributed by atoms with Gasteiger partial charge in [-0.1, -0.05) is 12.1 Å². The number of aromatic nitrogens is 2. The molecule has 136 valence electrons. The van der Waals surface area contributed by atoms with Gasteiger partial charge >= 0.3 is 0 Å². The van der Waals surface area contributed by atoms with Crippen molar-refractivity contribution < 1.29 is 4.74 Å². The van der Waals surface area contributed by atoms with Crippen LogP contribution in [0.4, 0.5) is 0 Å². The number of rotatable bonds is 8. The summed E-state index contributed by atoms with van der Waals surface area (Å²) in [6.07, 6.45) is 4.82. The smallest absolute Gasteiger partial charge is 0.193 e. The third-order valence-electron chi connectivity index (χ3n) is 3.77. The number of hydrogen-bond donors (Lipinski definition) is 1. The molecule has 1 aromatic heterocycles. The number of aryl methyl sites for hydroxylation is 1. The van der Waals surface area contributed by atoms with Gasteiger partial charge in [-0.25, -0.2) is 0 Å². The maximum absolute atomic E-state index is 5.49. The third kappa shape index (κ3) is 6.14. The molecule has 6 heteroatoms. The lowest BCUT2D eigenvalue weighted by molar-refractivity contribution is 0.340. The molecule has 1 heterocycles. The van der Waals surface area contributed by atoms with Crippen LogP contribution in [-0.4, -0.2) is 47.4 Å². The molecule has 0 spiro atoms. The van der Waals surface area contributed by atoms with Gasteiger partial charge in [0.15, 0.2) is 5.96 Å². The Kier molecular flexibility index (Phi) is 7.32. The molecule has 0 atom stereocenters. The number of hydrogen-bond acceptors (Lipinski definition) is 3. The van der Waals surface area contributed by atoms with Gasteiger partial charge < -0.3 is 15.0 Å². The Balaban J connectivity index is 1.93. The van der Waals surface area contributed by atoms with Crippen molar-refractivity contribution in [2.75, 3.05) is 26.7 Å². The zero-order valence-electron chi connectivity index (χ0n) is 15.7. The molecule has 25 heavy (non-hydrogen) atoms. The Bertz CT molecular complexity index is 663. The van der Waals surface area contributed by atoms with Gasteiger partial charge in [-0.2, -0.15) is 5.10 Å². The Hall–Kier alpha value is -2.50. The molecular formula is C19H29N5O. The monoisotopic (exact) mass is 343 g/mol. The summed E-state index contributed by atoms with van der Waals surface area (Å²) in [6.45, 7) is 7.15. The lowest BCUT2D eigenvalue weighted by atomic mass is 10.2. The van der Waals surface area contributed by atoms with E-state index in [1.807, 2.05) is 43.2 Å². The van der Waals surface area contributed by atoms with E-state index in [1.165, 1.54) is 11.1 Å². The van der Waals surface area contributed by atoms with Crippen LogP contribution >= 0.6 is 0 Å². The Morgan fingerprint density at radius 1 is 1.24 bits per heavy atom. The molecule has 1 aromatic carbocycles. The van der Waals surface area contributed by atoms with E-state index in [-0.39, 0.29) is 0 Å². The van der Waals surface area contributed by atoms with Gasteiger partial charge in [-0.05, 0) is 43.5 Å². The highest BCUT2D eigenvalue weighted by Crippen LogP contribution is 2.13. The fourth-order valence-electron chi connectivity index (χ4n) is 2.57. The van der Waals surface area contributed by atoms with Crippen LogP contribution in [0.25, 0.3) is 0 Å². The SMILES string of the molecule is CCNC(=NCCc1cnn(C)c1)N(C)Cc1ccc(OCC)cc1. The average molecular weight is 343 g/mol. The average Bonchev–Trinajstić information content (AvgIpc) is 3.01. The zero-order valence-corrected chi connectivity index (χ0v) is 15.7. The van der Waals surface area contributed by atoms with Crippen LogP contribution in [-0.2, 0) is 20.0 Å². The molecule has 6 nitrogen and oxygen atoms in total. The summed E-state index contributed by atoms with van der Waals surface area (Å²) in [7, 11) is 3.99. The van der Waals surface area contributed by atoms with Crippen LogP contribution < -0.4 is 10.1 Å². The zero-order chi connectivity index (χ0) is 18.1. The van der Waals surface area contributed by atoms with Gasteiger partial charge in [0.25, 0.3) is 0 Å². The van der Waals surface area contributed by atoms with E-state index in [0.717, 1.165) is 37.8 Å². The van der Waals surface area contributed by atoms with Crippen LogP contribution in [0.1, 0.15) is 25.0 Å². The normalized spacial score (nSPS) is 11.4. The largest absolute Gasteiger partial charge is 0.494 e. The Labute approximate surface area is 150 Å². The molecule has 0 saturated carbocycles. The first-order valence-electron chi connectivity index (χ1n) is 8.81. The van der Waals surface area contributed by atoms with Crippen LogP contribution in [0.15, 0.2) is 41.7 Å². The summed E-state index contributed by atoms with van der Waals surface area (Å²) >= 11 is 0. The van der Waals surface area contributed by atoms with Crippen LogP contribution in [0, 0.1) is 0 Å². The van der Waals surface area contributed by atoms with E-state index in [1.54, 1.807) is 0 Å². The van der Waals surface area contributed by atoms with Gasteiger partial charge in [0.2, 0.25) is 0 Å². The number of nitrogens with one attached hydrogen (secondary N) is 1. The summed E-state index contributed by atoms with van der Waals surface area (Å²) in [5, 5.41) is 7.55. The van der Waals surface area contributed by atoms with Crippen molar-refractivity contribution in [3.8, 4) is 5.75 Å². The van der Waals surface area contributed by atoms with Gasteiger partial charge in [0.05, 0.1) is 12.8 Å². The Morgan fingerprint density at radius 3 is 2.60 bits per heavy atom. The third-order valence-corrected chi connectivity index (χ3v) is 3.77. The molecule has 0 fully saturated rings. The van der Waals surface area contributed by atoms with Gasteiger partial charge in [0.1, 0.15) is 5.75 Å². The minimum Gasteiger partial charge on any atom is -0.494 e. The first-order chi connectivity index (χ1) is 12.1. The molecule has 2 aromatic rings. The second-order valence-electron chi connectivity index (χ2n) is 5.94.